The number of aryl methyl sites for hydroxylation is 2. The van der Waals surface area contributed by atoms with Gasteiger partial charge in [0, 0.05) is 11.1 Å². The summed E-state index contributed by atoms with van der Waals surface area (Å²) in [5, 5.41) is 0. The lowest BCUT2D eigenvalue weighted by molar-refractivity contribution is 0.175. The van der Waals surface area contributed by atoms with E-state index in [2.05, 4.69) is 0 Å². The van der Waals surface area contributed by atoms with E-state index in [0.29, 0.717) is 41.4 Å². The van der Waals surface area contributed by atoms with Crippen molar-refractivity contribution in [1.82, 2.24) is 0 Å². The van der Waals surface area contributed by atoms with Crippen LogP contribution in [0, 0.1) is 46.7 Å². The van der Waals surface area contributed by atoms with E-state index in [0.717, 1.165) is 70.6 Å². The van der Waals surface area contributed by atoms with Crippen LogP contribution in [0.5, 0.6) is 0 Å². The first-order valence-electron chi connectivity index (χ1n) is 16.2. The minimum Gasteiger partial charge on any atom is -0.203 e. The fraction of sp³-hybridized carbons (Fsp3) is 0.514. The summed E-state index contributed by atoms with van der Waals surface area (Å²) in [5.41, 5.74) is 0.929. The molecule has 6 heteroatoms. The second kappa shape index (κ2) is 13.9. The summed E-state index contributed by atoms with van der Waals surface area (Å²) in [7, 11) is 0. The van der Waals surface area contributed by atoms with Gasteiger partial charge < -0.3 is 0 Å². The van der Waals surface area contributed by atoms with Gasteiger partial charge in [-0.3, -0.25) is 0 Å². The van der Waals surface area contributed by atoms with Crippen molar-refractivity contribution in [3.8, 4) is 11.1 Å². The van der Waals surface area contributed by atoms with Crippen LogP contribution in [0.4, 0.5) is 26.3 Å². The molecule has 0 nitrogen and oxygen atoms in total. The first-order chi connectivity index (χ1) is 20.7. The van der Waals surface area contributed by atoms with E-state index in [9.17, 15) is 17.6 Å². The Morgan fingerprint density at radius 2 is 0.930 bits per heavy atom. The molecular formula is C37H42F6. The largest absolute Gasteiger partial charge is 0.203 e. The minimum absolute atomic E-state index is 0.0270. The standard InChI is InChI=1S/C37H42F6/c1-3-5-6-7-27-17-19-30(36(42)33(27)39)31-21-20-29(35(41)37(31)43)26-14-10-24(11-15-26)23-8-12-25(13-9-23)28-18-16-22(4-2)32(38)34(28)40/h16-21,23-26H,3-15H2,1-2H3. The molecule has 0 bridgehead atoms. The van der Waals surface area contributed by atoms with Crippen molar-refractivity contribution in [3.63, 3.8) is 0 Å². The molecule has 43 heavy (non-hydrogen) atoms. The molecule has 0 N–H and O–H groups in total. The van der Waals surface area contributed by atoms with Crippen LogP contribution in [0.3, 0.4) is 0 Å². The van der Waals surface area contributed by atoms with E-state index in [-0.39, 0.29) is 28.5 Å². The Labute approximate surface area is 251 Å². The molecule has 0 aliphatic heterocycles. The molecule has 2 aliphatic carbocycles. The molecule has 2 fully saturated rings. The van der Waals surface area contributed by atoms with Crippen LogP contribution in [0.15, 0.2) is 36.4 Å². The summed E-state index contributed by atoms with van der Waals surface area (Å²) in [6.07, 6.45) is 10.3. The van der Waals surface area contributed by atoms with Gasteiger partial charge in [0.2, 0.25) is 0 Å². The summed E-state index contributed by atoms with van der Waals surface area (Å²) in [6.45, 7) is 3.84. The number of hydrogen-bond acceptors (Lipinski definition) is 0. The number of benzene rings is 3. The van der Waals surface area contributed by atoms with E-state index in [1.165, 1.54) is 24.3 Å². The topological polar surface area (TPSA) is 0 Å². The summed E-state index contributed by atoms with van der Waals surface area (Å²) in [6, 6.07) is 9.19. The summed E-state index contributed by atoms with van der Waals surface area (Å²) < 4.78 is 89.4. The normalized spacial score (nSPS) is 22.6. The zero-order valence-electron chi connectivity index (χ0n) is 25.2. The lowest BCUT2D eigenvalue weighted by Gasteiger charge is -2.38. The number of hydrogen-bond donors (Lipinski definition) is 0. The van der Waals surface area contributed by atoms with Gasteiger partial charge in [-0.05, 0) is 117 Å². The third-order valence-electron chi connectivity index (χ3n) is 10.3. The molecule has 2 saturated carbocycles. The van der Waals surface area contributed by atoms with Crippen LogP contribution in [-0.2, 0) is 12.8 Å². The monoisotopic (exact) mass is 600 g/mol. The highest BCUT2D eigenvalue weighted by atomic mass is 19.2. The Morgan fingerprint density at radius 1 is 0.488 bits per heavy atom. The van der Waals surface area contributed by atoms with Crippen molar-refractivity contribution in [2.45, 2.75) is 109 Å². The zero-order valence-corrected chi connectivity index (χ0v) is 25.2. The molecule has 5 rings (SSSR count). The average Bonchev–Trinajstić information content (AvgIpc) is 3.03. The quantitative estimate of drug-likeness (QED) is 0.169. The van der Waals surface area contributed by atoms with Gasteiger partial charge in [-0.1, -0.05) is 63.1 Å². The highest BCUT2D eigenvalue weighted by molar-refractivity contribution is 5.66. The maximum Gasteiger partial charge on any atom is 0.167 e. The lowest BCUT2D eigenvalue weighted by Crippen LogP contribution is -2.25. The van der Waals surface area contributed by atoms with Gasteiger partial charge >= 0.3 is 0 Å². The van der Waals surface area contributed by atoms with Crippen LogP contribution in [0.25, 0.3) is 11.1 Å². The Bertz CT molecular complexity index is 1410. The number of rotatable bonds is 9. The SMILES string of the molecule is CCCCCc1ccc(-c2ccc(C3CCC(C4CCC(c5ccc(CC)c(F)c5F)CC4)CC3)c(F)c2F)c(F)c1F. The van der Waals surface area contributed by atoms with E-state index in [1.807, 2.05) is 13.8 Å². The molecule has 0 heterocycles. The first kappa shape index (κ1) is 31.7. The van der Waals surface area contributed by atoms with Gasteiger partial charge in [0.05, 0.1) is 0 Å². The van der Waals surface area contributed by atoms with E-state index >= 15 is 8.78 Å². The van der Waals surface area contributed by atoms with Crippen LogP contribution in [-0.4, -0.2) is 0 Å². The molecule has 0 aromatic heterocycles. The molecule has 0 atom stereocenters. The average molecular weight is 601 g/mol. The smallest absolute Gasteiger partial charge is 0.167 e. The summed E-state index contributed by atoms with van der Waals surface area (Å²) >= 11 is 0. The van der Waals surface area contributed by atoms with Crippen molar-refractivity contribution in [1.29, 1.82) is 0 Å². The third-order valence-corrected chi connectivity index (χ3v) is 10.3. The van der Waals surface area contributed by atoms with Crippen molar-refractivity contribution < 1.29 is 26.3 Å². The van der Waals surface area contributed by atoms with Crippen molar-refractivity contribution >= 4 is 0 Å². The van der Waals surface area contributed by atoms with Crippen molar-refractivity contribution in [2.75, 3.05) is 0 Å². The predicted molar refractivity (Wildman–Crippen MR) is 160 cm³/mol. The Kier molecular flexibility index (Phi) is 10.2. The Balaban J connectivity index is 1.20. The summed E-state index contributed by atoms with van der Waals surface area (Å²) in [4.78, 5) is 0. The summed E-state index contributed by atoms with van der Waals surface area (Å²) in [5.74, 6) is -4.79. The number of halogens is 6. The molecule has 0 unspecified atom stereocenters. The van der Waals surface area contributed by atoms with Gasteiger partial charge in [0.25, 0.3) is 0 Å². The molecule has 3 aromatic carbocycles. The fourth-order valence-electron chi connectivity index (χ4n) is 7.64. The Hall–Kier alpha value is -2.76. The van der Waals surface area contributed by atoms with E-state index < -0.39 is 34.9 Å². The second-order valence-electron chi connectivity index (χ2n) is 12.7. The van der Waals surface area contributed by atoms with Crippen LogP contribution < -0.4 is 0 Å². The number of unbranched alkanes of at least 4 members (excludes halogenated alkanes) is 2. The van der Waals surface area contributed by atoms with Gasteiger partial charge in [-0.15, -0.1) is 0 Å². The van der Waals surface area contributed by atoms with Gasteiger partial charge in [0.1, 0.15) is 0 Å². The third kappa shape index (κ3) is 6.54. The van der Waals surface area contributed by atoms with Crippen LogP contribution >= 0.6 is 0 Å². The van der Waals surface area contributed by atoms with Gasteiger partial charge in [-0.25, -0.2) is 26.3 Å². The molecule has 0 amide bonds. The molecule has 0 radical (unpaired) electrons. The lowest BCUT2D eigenvalue weighted by atomic mass is 9.67. The van der Waals surface area contributed by atoms with Crippen molar-refractivity contribution in [3.05, 3.63) is 93.6 Å². The van der Waals surface area contributed by atoms with Crippen LogP contribution in [0.1, 0.15) is 119 Å². The van der Waals surface area contributed by atoms with E-state index in [1.54, 1.807) is 12.1 Å². The zero-order chi connectivity index (χ0) is 30.7. The molecule has 0 saturated heterocycles. The molecule has 3 aromatic rings. The maximum absolute atomic E-state index is 15.4. The minimum atomic E-state index is -1.14. The second-order valence-corrected chi connectivity index (χ2v) is 12.7. The van der Waals surface area contributed by atoms with Crippen molar-refractivity contribution in [2.24, 2.45) is 11.8 Å². The Morgan fingerprint density at radius 3 is 1.47 bits per heavy atom. The van der Waals surface area contributed by atoms with Crippen LogP contribution in [0.2, 0.25) is 0 Å². The molecule has 2 aliphatic rings. The van der Waals surface area contributed by atoms with Gasteiger partial charge in [-0.2, -0.15) is 0 Å². The van der Waals surface area contributed by atoms with E-state index in [4.69, 9.17) is 0 Å². The highest BCUT2D eigenvalue weighted by Crippen LogP contribution is 2.47. The molecular weight excluding hydrogens is 558 g/mol. The van der Waals surface area contributed by atoms with Gasteiger partial charge in [0.15, 0.2) is 34.9 Å². The molecule has 232 valence electrons. The predicted octanol–water partition coefficient (Wildman–Crippen LogP) is 11.7. The molecule has 0 spiro atoms. The highest BCUT2D eigenvalue weighted by Gasteiger charge is 2.34. The maximum atomic E-state index is 15.4. The first-order valence-corrected chi connectivity index (χ1v) is 16.2. The fourth-order valence-corrected chi connectivity index (χ4v) is 7.64.